The summed E-state index contributed by atoms with van der Waals surface area (Å²) in [6.45, 7) is 6.77. The Morgan fingerprint density at radius 1 is 0.909 bits per heavy atom. The summed E-state index contributed by atoms with van der Waals surface area (Å²) in [4.78, 5) is 0. The quantitative estimate of drug-likeness (QED) is 0.780. The molecule has 0 bridgehead atoms. The normalized spacial score (nSPS) is 10.7. The van der Waals surface area contributed by atoms with Crippen LogP contribution in [0.4, 0.5) is 5.69 Å². The number of rotatable bonds is 4. The monoisotopic (exact) mass is 293 g/mol. The number of hydrogen-bond acceptors (Lipinski definition) is 4. The molecule has 0 unspecified atom stereocenters. The average molecular weight is 293 g/mol. The van der Waals surface area contributed by atoms with Crippen molar-refractivity contribution in [3.8, 4) is 11.5 Å². The highest BCUT2D eigenvalue weighted by molar-refractivity contribution is 5.53. The van der Waals surface area contributed by atoms with Crippen molar-refractivity contribution in [3.63, 3.8) is 0 Å². The predicted molar refractivity (Wildman–Crippen MR) is 87.7 cm³/mol. The number of anilines is 1. The van der Waals surface area contributed by atoms with Gasteiger partial charge in [0.15, 0.2) is 0 Å². The van der Waals surface area contributed by atoms with Gasteiger partial charge in [0, 0.05) is 11.3 Å². The fourth-order valence-electron chi connectivity index (χ4n) is 2.17. The van der Waals surface area contributed by atoms with Crippen LogP contribution in [0.2, 0.25) is 0 Å². The zero-order valence-electron chi connectivity index (χ0n) is 13.1. The van der Waals surface area contributed by atoms with E-state index >= 15 is 0 Å². The lowest BCUT2D eigenvalue weighted by Crippen LogP contribution is -2.00. The molecule has 3 rings (SSSR count). The van der Waals surface area contributed by atoms with Crippen LogP contribution in [0.25, 0.3) is 11.5 Å². The van der Waals surface area contributed by atoms with Gasteiger partial charge in [-0.25, -0.2) is 0 Å². The molecule has 0 aliphatic heterocycles. The van der Waals surface area contributed by atoms with E-state index in [-0.39, 0.29) is 0 Å². The van der Waals surface area contributed by atoms with Crippen LogP contribution >= 0.6 is 0 Å². The largest absolute Gasteiger partial charge is 0.419 e. The molecular weight excluding hydrogens is 274 g/mol. The van der Waals surface area contributed by atoms with E-state index in [9.17, 15) is 0 Å². The molecule has 1 aromatic heterocycles. The lowest BCUT2D eigenvalue weighted by atomic mass is 10.1. The van der Waals surface area contributed by atoms with Gasteiger partial charge < -0.3 is 9.73 Å². The van der Waals surface area contributed by atoms with Gasteiger partial charge in [-0.05, 0) is 56.2 Å². The maximum atomic E-state index is 5.70. The Balaban J connectivity index is 1.69. The number of nitrogens with zero attached hydrogens (tertiary/aromatic N) is 2. The minimum Gasteiger partial charge on any atom is -0.419 e. The maximum absolute atomic E-state index is 5.70. The van der Waals surface area contributed by atoms with E-state index in [1.54, 1.807) is 0 Å². The highest BCUT2D eigenvalue weighted by Crippen LogP contribution is 2.19. The fraction of sp³-hybridized carbons (Fsp3) is 0.222. The Hall–Kier alpha value is -2.62. The molecule has 0 radical (unpaired) electrons. The summed E-state index contributed by atoms with van der Waals surface area (Å²) in [5, 5.41) is 11.5. The molecule has 4 heteroatoms. The molecule has 0 saturated carbocycles. The van der Waals surface area contributed by atoms with Crippen LogP contribution in [0.1, 0.15) is 22.6 Å². The molecule has 4 nitrogen and oxygen atoms in total. The van der Waals surface area contributed by atoms with E-state index in [1.807, 2.05) is 24.3 Å². The van der Waals surface area contributed by atoms with E-state index in [0.717, 1.165) is 11.3 Å². The molecule has 1 N–H and O–H groups in total. The zero-order valence-corrected chi connectivity index (χ0v) is 13.1. The van der Waals surface area contributed by atoms with Crippen molar-refractivity contribution in [1.82, 2.24) is 10.2 Å². The summed E-state index contributed by atoms with van der Waals surface area (Å²) in [5.74, 6) is 1.13. The first-order valence-electron chi connectivity index (χ1n) is 7.32. The summed E-state index contributed by atoms with van der Waals surface area (Å²) in [6, 6.07) is 14.3. The first kappa shape index (κ1) is 14.3. The minimum absolute atomic E-state index is 0.515. The minimum atomic E-state index is 0.515. The van der Waals surface area contributed by atoms with Gasteiger partial charge in [-0.2, -0.15) is 0 Å². The molecule has 3 aromatic rings. The van der Waals surface area contributed by atoms with Gasteiger partial charge in [0.25, 0.3) is 0 Å². The van der Waals surface area contributed by atoms with E-state index in [1.165, 1.54) is 16.7 Å². The van der Waals surface area contributed by atoms with Gasteiger partial charge in [-0.15, -0.1) is 10.2 Å². The first-order chi connectivity index (χ1) is 10.6. The topological polar surface area (TPSA) is 51.0 Å². The molecule has 0 aliphatic rings. The van der Waals surface area contributed by atoms with E-state index in [4.69, 9.17) is 4.42 Å². The van der Waals surface area contributed by atoms with Crippen molar-refractivity contribution in [2.45, 2.75) is 27.3 Å². The number of aryl methyl sites for hydroxylation is 3. The van der Waals surface area contributed by atoms with Gasteiger partial charge in [0.1, 0.15) is 0 Å². The van der Waals surface area contributed by atoms with Gasteiger partial charge in [0.2, 0.25) is 11.8 Å². The molecule has 2 aromatic carbocycles. The standard InChI is InChI=1S/C18H19N3O/c1-12-4-7-15(8-5-12)18-21-20-17(22-18)11-19-16-9-6-13(2)14(3)10-16/h4-10,19H,11H2,1-3H3. The first-order valence-corrected chi connectivity index (χ1v) is 7.32. The summed E-state index contributed by atoms with van der Waals surface area (Å²) >= 11 is 0. The van der Waals surface area contributed by atoms with Crippen LogP contribution in [0.15, 0.2) is 46.9 Å². The van der Waals surface area contributed by atoms with Crippen LogP contribution in [0.5, 0.6) is 0 Å². The smallest absolute Gasteiger partial charge is 0.247 e. The van der Waals surface area contributed by atoms with Crippen molar-refractivity contribution < 1.29 is 4.42 Å². The van der Waals surface area contributed by atoms with Gasteiger partial charge in [0.05, 0.1) is 6.54 Å². The van der Waals surface area contributed by atoms with Gasteiger partial charge in [-0.1, -0.05) is 23.8 Å². The van der Waals surface area contributed by atoms with Crippen LogP contribution in [0.3, 0.4) is 0 Å². The van der Waals surface area contributed by atoms with Gasteiger partial charge >= 0.3 is 0 Å². The second-order valence-corrected chi connectivity index (χ2v) is 5.52. The SMILES string of the molecule is Cc1ccc(-c2nnc(CNc3ccc(C)c(C)c3)o2)cc1. The molecule has 22 heavy (non-hydrogen) atoms. The third kappa shape index (κ3) is 3.17. The fourth-order valence-corrected chi connectivity index (χ4v) is 2.17. The lowest BCUT2D eigenvalue weighted by molar-refractivity contribution is 0.515. The third-order valence-corrected chi connectivity index (χ3v) is 3.72. The number of hydrogen-bond donors (Lipinski definition) is 1. The maximum Gasteiger partial charge on any atom is 0.247 e. The van der Waals surface area contributed by atoms with Crippen LogP contribution < -0.4 is 5.32 Å². The predicted octanol–water partition coefficient (Wildman–Crippen LogP) is 4.27. The van der Waals surface area contributed by atoms with Crippen LogP contribution in [-0.2, 0) is 6.54 Å². The summed E-state index contributed by atoms with van der Waals surface area (Å²) in [7, 11) is 0. The number of nitrogens with one attached hydrogen (secondary N) is 1. The number of benzene rings is 2. The van der Waals surface area contributed by atoms with Gasteiger partial charge in [-0.3, -0.25) is 0 Å². The molecular formula is C18H19N3O. The molecule has 0 amide bonds. The molecule has 0 atom stereocenters. The number of aromatic nitrogens is 2. The van der Waals surface area contributed by atoms with Crippen molar-refractivity contribution in [2.75, 3.05) is 5.32 Å². The van der Waals surface area contributed by atoms with Crippen molar-refractivity contribution in [3.05, 3.63) is 65.0 Å². The van der Waals surface area contributed by atoms with Crippen LogP contribution in [-0.4, -0.2) is 10.2 Å². The van der Waals surface area contributed by atoms with Crippen molar-refractivity contribution in [2.24, 2.45) is 0 Å². The van der Waals surface area contributed by atoms with Crippen molar-refractivity contribution >= 4 is 5.69 Å². The Bertz CT molecular complexity index is 775. The van der Waals surface area contributed by atoms with E-state index < -0.39 is 0 Å². The third-order valence-electron chi connectivity index (χ3n) is 3.72. The summed E-state index contributed by atoms with van der Waals surface area (Å²) < 4.78 is 5.70. The average Bonchev–Trinajstić information content (AvgIpc) is 2.98. The van der Waals surface area contributed by atoms with Crippen LogP contribution in [0, 0.1) is 20.8 Å². The highest BCUT2D eigenvalue weighted by atomic mass is 16.4. The Morgan fingerprint density at radius 3 is 2.41 bits per heavy atom. The Morgan fingerprint density at radius 2 is 1.68 bits per heavy atom. The second-order valence-electron chi connectivity index (χ2n) is 5.52. The Kier molecular flexibility index (Phi) is 3.92. The molecule has 0 saturated heterocycles. The molecule has 112 valence electrons. The lowest BCUT2D eigenvalue weighted by Gasteiger charge is -2.06. The molecule has 0 spiro atoms. The molecule has 0 aliphatic carbocycles. The summed E-state index contributed by atoms with van der Waals surface area (Å²) in [5.41, 5.74) is 5.74. The van der Waals surface area contributed by atoms with E-state index in [2.05, 4.69) is 54.5 Å². The second kappa shape index (κ2) is 6.02. The highest BCUT2D eigenvalue weighted by Gasteiger charge is 2.08. The van der Waals surface area contributed by atoms with Crippen molar-refractivity contribution in [1.29, 1.82) is 0 Å². The molecule has 0 fully saturated rings. The zero-order chi connectivity index (χ0) is 15.5. The summed E-state index contributed by atoms with van der Waals surface area (Å²) in [6.07, 6.45) is 0. The molecule has 1 heterocycles. The Labute approximate surface area is 130 Å². The van der Waals surface area contributed by atoms with E-state index in [0.29, 0.717) is 18.3 Å².